The van der Waals surface area contributed by atoms with Gasteiger partial charge in [0.25, 0.3) is 0 Å². The number of aliphatic carboxylic acids is 1. The Kier molecular flexibility index (Phi) is 3.66. The molecular formula is C12H20N2O3. The summed E-state index contributed by atoms with van der Waals surface area (Å²) >= 11 is 0. The van der Waals surface area contributed by atoms with Gasteiger partial charge < -0.3 is 15.3 Å². The summed E-state index contributed by atoms with van der Waals surface area (Å²) in [5.41, 5.74) is 0. The lowest BCUT2D eigenvalue weighted by molar-refractivity contribution is -0.143. The zero-order valence-electron chi connectivity index (χ0n) is 10.2. The van der Waals surface area contributed by atoms with Gasteiger partial charge in [0.2, 0.25) is 5.91 Å². The first kappa shape index (κ1) is 12.4. The molecule has 1 heterocycles. The largest absolute Gasteiger partial charge is 0.481 e. The third kappa shape index (κ3) is 2.60. The molecule has 2 N–H and O–H groups in total. The molecule has 5 heteroatoms. The number of nitrogens with zero attached hydrogens (tertiary/aromatic N) is 1. The van der Waals surface area contributed by atoms with E-state index < -0.39 is 11.9 Å². The Bertz CT molecular complexity index is 313. The Morgan fingerprint density at radius 1 is 1.41 bits per heavy atom. The summed E-state index contributed by atoms with van der Waals surface area (Å²) in [6, 6.07) is -0.00773. The fraction of sp³-hybridized carbons (Fsp3) is 0.833. The van der Waals surface area contributed by atoms with E-state index in [0.29, 0.717) is 13.1 Å². The Balaban J connectivity index is 2.13. The molecule has 1 saturated heterocycles. The minimum atomic E-state index is -0.817. The number of hydrogen-bond acceptors (Lipinski definition) is 3. The van der Waals surface area contributed by atoms with Crippen LogP contribution in [0, 0.1) is 5.92 Å². The van der Waals surface area contributed by atoms with Crippen LogP contribution in [0.2, 0.25) is 0 Å². The lowest BCUT2D eigenvalue weighted by atomic mass is 10.1. The maximum atomic E-state index is 12.2. The Morgan fingerprint density at radius 2 is 2.06 bits per heavy atom. The van der Waals surface area contributed by atoms with Gasteiger partial charge in [0, 0.05) is 19.1 Å². The average molecular weight is 240 g/mol. The van der Waals surface area contributed by atoms with Crippen molar-refractivity contribution in [2.45, 2.75) is 44.7 Å². The Hall–Kier alpha value is -1.10. The van der Waals surface area contributed by atoms with Gasteiger partial charge >= 0.3 is 5.97 Å². The van der Waals surface area contributed by atoms with Gasteiger partial charge in [-0.25, -0.2) is 0 Å². The van der Waals surface area contributed by atoms with Gasteiger partial charge in [-0.2, -0.15) is 0 Å². The number of carbonyl (C=O) groups is 2. The lowest BCUT2D eigenvalue weighted by Crippen LogP contribution is -2.46. The normalized spacial score (nSPS) is 31.6. The molecule has 17 heavy (non-hydrogen) atoms. The summed E-state index contributed by atoms with van der Waals surface area (Å²) in [6.07, 6.45) is 4.33. The number of carboxylic acid groups (broad SMARTS) is 1. The van der Waals surface area contributed by atoms with Crippen LogP contribution in [-0.4, -0.2) is 47.1 Å². The van der Waals surface area contributed by atoms with E-state index in [9.17, 15) is 9.59 Å². The van der Waals surface area contributed by atoms with Crippen LogP contribution in [0.5, 0.6) is 0 Å². The van der Waals surface area contributed by atoms with Gasteiger partial charge in [0.1, 0.15) is 0 Å². The third-order valence-electron chi connectivity index (χ3n) is 3.86. The summed E-state index contributed by atoms with van der Waals surface area (Å²) in [5, 5.41) is 12.1. The summed E-state index contributed by atoms with van der Waals surface area (Å²) < 4.78 is 0. The zero-order valence-corrected chi connectivity index (χ0v) is 10.2. The second-order valence-corrected chi connectivity index (χ2v) is 5.09. The standard InChI is InChI=1S/C12H20N2O3/c1-8-11(15)14(10-4-2-3-5-10)7-9(6-13-8)12(16)17/h8-10,13H,2-7H2,1H3,(H,16,17). The van der Waals surface area contributed by atoms with Crippen LogP contribution in [0.3, 0.4) is 0 Å². The fourth-order valence-electron chi connectivity index (χ4n) is 2.76. The van der Waals surface area contributed by atoms with Gasteiger partial charge in [-0.15, -0.1) is 0 Å². The van der Waals surface area contributed by atoms with E-state index in [1.807, 2.05) is 6.92 Å². The van der Waals surface area contributed by atoms with Crippen LogP contribution in [0.15, 0.2) is 0 Å². The molecular weight excluding hydrogens is 220 g/mol. The molecule has 1 saturated carbocycles. The molecule has 96 valence electrons. The second-order valence-electron chi connectivity index (χ2n) is 5.09. The predicted molar refractivity (Wildman–Crippen MR) is 62.6 cm³/mol. The quantitative estimate of drug-likeness (QED) is 0.735. The van der Waals surface area contributed by atoms with Crippen molar-refractivity contribution in [3.63, 3.8) is 0 Å². The van der Waals surface area contributed by atoms with E-state index in [2.05, 4.69) is 5.32 Å². The second kappa shape index (κ2) is 5.04. The lowest BCUT2D eigenvalue weighted by Gasteiger charge is -2.30. The highest BCUT2D eigenvalue weighted by atomic mass is 16.4. The maximum absolute atomic E-state index is 12.2. The molecule has 0 aromatic carbocycles. The van der Waals surface area contributed by atoms with E-state index in [1.165, 1.54) is 0 Å². The number of rotatable bonds is 2. The summed E-state index contributed by atoms with van der Waals surface area (Å²) in [5.74, 6) is -1.24. The molecule has 2 atom stereocenters. The van der Waals surface area contributed by atoms with Crippen molar-refractivity contribution in [3.8, 4) is 0 Å². The highest BCUT2D eigenvalue weighted by Gasteiger charge is 2.35. The molecule has 2 rings (SSSR count). The number of carboxylic acids is 1. The van der Waals surface area contributed by atoms with Crippen molar-refractivity contribution in [2.75, 3.05) is 13.1 Å². The van der Waals surface area contributed by atoms with Crippen LogP contribution >= 0.6 is 0 Å². The van der Waals surface area contributed by atoms with E-state index >= 15 is 0 Å². The van der Waals surface area contributed by atoms with Gasteiger partial charge in [0.05, 0.1) is 12.0 Å². The first-order chi connectivity index (χ1) is 8.09. The van der Waals surface area contributed by atoms with Gasteiger partial charge in [0.15, 0.2) is 0 Å². The number of carbonyl (C=O) groups excluding carboxylic acids is 1. The minimum absolute atomic E-state index is 0.0562. The van der Waals surface area contributed by atoms with Crippen molar-refractivity contribution in [3.05, 3.63) is 0 Å². The van der Waals surface area contributed by atoms with E-state index in [4.69, 9.17) is 5.11 Å². The third-order valence-corrected chi connectivity index (χ3v) is 3.86. The first-order valence-electron chi connectivity index (χ1n) is 6.36. The Morgan fingerprint density at radius 3 is 2.65 bits per heavy atom. The van der Waals surface area contributed by atoms with E-state index in [-0.39, 0.29) is 18.0 Å². The molecule has 0 aromatic heterocycles. The maximum Gasteiger partial charge on any atom is 0.309 e. The average Bonchev–Trinajstić information content (AvgIpc) is 2.76. The molecule has 5 nitrogen and oxygen atoms in total. The Labute approximate surface area is 101 Å². The van der Waals surface area contributed by atoms with Gasteiger partial charge in [-0.05, 0) is 19.8 Å². The minimum Gasteiger partial charge on any atom is -0.481 e. The van der Waals surface area contributed by atoms with Crippen LogP contribution in [0.25, 0.3) is 0 Å². The van der Waals surface area contributed by atoms with Crippen molar-refractivity contribution in [1.29, 1.82) is 0 Å². The van der Waals surface area contributed by atoms with Crippen LogP contribution in [-0.2, 0) is 9.59 Å². The molecule has 1 aliphatic carbocycles. The van der Waals surface area contributed by atoms with E-state index in [1.54, 1.807) is 4.90 Å². The molecule has 2 aliphatic rings. The molecule has 0 aromatic rings. The van der Waals surface area contributed by atoms with Crippen molar-refractivity contribution < 1.29 is 14.7 Å². The number of hydrogen-bond donors (Lipinski definition) is 2. The molecule has 1 aliphatic heterocycles. The van der Waals surface area contributed by atoms with Crippen molar-refractivity contribution in [2.24, 2.45) is 5.92 Å². The molecule has 1 amide bonds. The van der Waals surface area contributed by atoms with Gasteiger partial charge in [-0.1, -0.05) is 12.8 Å². The smallest absolute Gasteiger partial charge is 0.309 e. The fourth-order valence-corrected chi connectivity index (χ4v) is 2.76. The van der Waals surface area contributed by atoms with Crippen LogP contribution in [0.4, 0.5) is 0 Å². The van der Waals surface area contributed by atoms with Crippen molar-refractivity contribution >= 4 is 11.9 Å². The summed E-state index contributed by atoms with van der Waals surface area (Å²) in [4.78, 5) is 25.1. The molecule has 0 bridgehead atoms. The van der Waals surface area contributed by atoms with E-state index in [0.717, 1.165) is 25.7 Å². The summed E-state index contributed by atoms with van der Waals surface area (Å²) in [6.45, 7) is 2.55. The molecule has 2 fully saturated rings. The SMILES string of the molecule is CC1NCC(C(=O)O)CN(C2CCCC2)C1=O. The number of amides is 1. The van der Waals surface area contributed by atoms with Crippen LogP contribution in [0.1, 0.15) is 32.6 Å². The highest BCUT2D eigenvalue weighted by Crippen LogP contribution is 2.25. The predicted octanol–water partition coefficient (Wildman–Crippen LogP) is 0.450. The molecule has 2 unspecified atom stereocenters. The number of nitrogens with one attached hydrogen (secondary N) is 1. The molecule has 0 spiro atoms. The topological polar surface area (TPSA) is 69.6 Å². The monoisotopic (exact) mass is 240 g/mol. The first-order valence-corrected chi connectivity index (χ1v) is 6.36. The highest BCUT2D eigenvalue weighted by molar-refractivity contribution is 5.83. The van der Waals surface area contributed by atoms with Crippen LogP contribution < -0.4 is 5.32 Å². The summed E-state index contributed by atoms with van der Waals surface area (Å²) in [7, 11) is 0. The van der Waals surface area contributed by atoms with Crippen molar-refractivity contribution in [1.82, 2.24) is 10.2 Å². The zero-order chi connectivity index (χ0) is 12.4. The molecule has 0 radical (unpaired) electrons. The van der Waals surface area contributed by atoms with Gasteiger partial charge in [-0.3, -0.25) is 9.59 Å².